The van der Waals surface area contributed by atoms with Gasteiger partial charge >= 0.3 is 5.97 Å². The summed E-state index contributed by atoms with van der Waals surface area (Å²) in [6, 6.07) is 15.2. The van der Waals surface area contributed by atoms with Gasteiger partial charge in [0.15, 0.2) is 11.6 Å². The highest BCUT2D eigenvalue weighted by atomic mass is 32.1. The molecule has 0 amide bonds. The highest BCUT2D eigenvalue weighted by Gasteiger charge is 2.33. The predicted molar refractivity (Wildman–Crippen MR) is 121 cm³/mol. The number of rotatable bonds is 4. The van der Waals surface area contributed by atoms with Crippen molar-refractivity contribution in [3.05, 3.63) is 105 Å². The zero-order valence-electron chi connectivity index (χ0n) is 17.0. The Kier molecular flexibility index (Phi) is 5.07. The van der Waals surface area contributed by atoms with Crippen molar-refractivity contribution in [3.8, 4) is 10.6 Å². The number of hydrogen-bond donors (Lipinski definition) is 1. The van der Waals surface area contributed by atoms with Gasteiger partial charge in [0.2, 0.25) is 0 Å². The van der Waals surface area contributed by atoms with Crippen LogP contribution in [0.2, 0.25) is 0 Å². The van der Waals surface area contributed by atoms with Crippen LogP contribution < -0.4 is 5.73 Å². The van der Waals surface area contributed by atoms with Gasteiger partial charge in [-0.05, 0) is 36.4 Å². The molecule has 4 aromatic rings. The molecule has 0 bridgehead atoms. The number of hydrogen-bond acceptors (Lipinski definition) is 7. The van der Waals surface area contributed by atoms with Gasteiger partial charge in [-0.1, -0.05) is 24.3 Å². The van der Waals surface area contributed by atoms with E-state index in [1.807, 2.05) is 0 Å². The molecule has 0 atom stereocenters. The first-order valence-electron chi connectivity index (χ1n) is 9.92. The molecule has 0 radical (unpaired) electrons. The van der Waals surface area contributed by atoms with Crippen molar-refractivity contribution in [3.63, 3.8) is 0 Å². The third-order valence-corrected chi connectivity index (χ3v) is 6.29. The molecule has 6 nitrogen and oxygen atoms in total. The Morgan fingerprint density at radius 3 is 2.36 bits per heavy atom. The van der Waals surface area contributed by atoms with Gasteiger partial charge in [-0.2, -0.15) is 0 Å². The molecule has 0 fully saturated rings. The molecule has 0 saturated carbocycles. The van der Waals surface area contributed by atoms with Gasteiger partial charge in [0, 0.05) is 27.6 Å². The highest BCUT2D eigenvalue weighted by Crippen LogP contribution is 2.33. The summed E-state index contributed by atoms with van der Waals surface area (Å²) in [6.07, 6.45) is 0. The number of nitrogens with two attached hydrogens (primary N) is 1. The number of nitrogen functional groups attached to an aromatic ring is 1. The van der Waals surface area contributed by atoms with E-state index < -0.39 is 11.8 Å². The van der Waals surface area contributed by atoms with Crippen LogP contribution in [0.5, 0.6) is 0 Å². The SMILES string of the molecule is Nc1c(C(=O)OCc2csc(-c3ccc(F)cc3)n2)ccc2c1C(=O)c1ccccc1C2=O. The minimum atomic E-state index is -0.731. The zero-order chi connectivity index (χ0) is 23.1. The predicted octanol–water partition coefficient (Wildman–Crippen LogP) is 4.66. The van der Waals surface area contributed by atoms with Crippen molar-refractivity contribution in [2.75, 3.05) is 5.73 Å². The summed E-state index contributed by atoms with van der Waals surface area (Å²) in [4.78, 5) is 42.9. The van der Waals surface area contributed by atoms with E-state index in [9.17, 15) is 18.8 Å². The molecule has 0 spiro atoms. The average molecular weight is 458 g/mol. The summed E-state index contributed by atoms with van der Waals surface area (Å²) in [7, 11) is 0. The molecule has 5 rings (SSSR count). The van der Waals surface area contributed by atoms with Crippen LogP contribution in [0.1, 0.15) is 47.9 Å². The number of carbonyl (C=O) groups is 3. The molecule has 8 heteroatoms. The summed E-state index contributed by atoms with van der Waals surface area (Å²) >= 11 is 1.34. The van der Waals surface area contributed by atoms with Crippen molar-refractivity contribution >= 4 is 34.6 Å². The van der Waals surface area contributed by atoms with Crippen LogP contribution in [0, 0.1) is 5.82 Å². The molecule has 2 N–H and O–H groups in total. The number of benzene rings is 3. The van der Waals surface area contributed by atoms with Crippen molar-refractivity contribution in [1.29, 1.82) is 0 Å². The van der Waals surface area contributed by atoms with Gasteiger partial charge in [0.25, 0.3) is 0 Å². The molecular weight excluding hydrogens is 443 g/mol. The number of nitrogens with zero attached hydrogens (tertiary/aromatic N) is 1. The lowest BCUT2D eigenvalue weighted by Crippen LogP contribution is -2.24. The molecule has 1 aliphatic rings. The lowest BCUT2D eigenvalue weighted by molar-refractivity contribution is 0.0469. The van der Waals surface area contributed by atoms with Crippen molar-refractivity contribution in [2.24, 2.45) is 0 Å². The van der Waals surface area contributed by atoms with E-state index in [0.29, 0.717) is 16.3 Å². The highest BCUT2D eigenvalue weighted by molar-refractivity contribution is 7.13. The van der Waals surface area contributed by atoms with Gasteiger partial charge in [-0.3, -0.25) is 9.59 Å². The molecule has 1 heterocycles. The number of anilines is 1. The molecule has 1 aliphatic carbocycles. The van der Waals surface area contributed by atoms with E-state index in [1.54, 1.807) is 41.8 Å². The summed E-state index contributed by atoms with van der Waals surface area (Å²) in [5, 5.41) is 2.40. The van der Waals surface area contributed by atoms with Crippen molar-refractivity contribution in [2.45, 2.75) is 6.61 Å². The van der Waals surface area contributed by atoms with E-state index in [0.717, 1.165) is 5.56 Å². The van der Waals surface area contributed by atoms with Crippen LogP contribution in [0.25, 0.3) is 10.6 Å². The fraction of sp³-hybridized carbons (Fsp3) is 0.0400. The van der Waals surface area contributed by atoms with Crippen LogP contribution >= 0.6 is 11.3 Å². The second-order valence-corrected chi connectivity index (χ2v) is 8.24. The van der Waals surface area contributed by atoms with Gasteiger partial charge in [0.1, 0.15) is 17.4 Å². The molecule has 0 unspecified atom stereocenters. The summed E-state index contributed by atoms with van der Waals surface area (Å²) < 4.78 is 18.5. The molecular formula is C25H15FN2O4S. The Balaban J connectivity index is 1.37. The Morgan fingerprint density at radius 2 is 1.64 bits per heavy atom. The number of aromatic nitrogens is 1. The average Bonchev–Trinajstić information content (AvgIpc) is 3.30. The fourth-order valence-corrected chi connectivity index (χ4v) is 4.52. The fourth-order valence-electron chi connectivity index (χ4n) is 3.71. The maximum Gasteiger partial charge on any atom is 0.340 e. The number of fused-ring (bicyclic) bond motifs is 2. The van der Waals surface area contributed by atoms with Gasteiger partial charge in [-0.25, -0.2) is 14.2 Å². The van der Waals surface area contributed by atoms with E-state index in [4.69, 9.17) is 10.5 Å². The molecule has 33 heavy (non-hydrogen) atoms. The van der Waals surface area contributed by atoms with E-state index in [2.05, 4.69) is 4.98 Å². The van der Waals surface area contributed by atoms with Crippen LogP contribution in [0.15, 0.2) is 66.0 Å². The second-order valence-electron chi connectivity index (χ2n) is 7.38. The number of halogens is 1. The van der Waals surface area contributed by atoms with E-state index in [-0.39, 0.29) is 46.1 Å². The van der Waals surface area contributed by atoms with Crippen LogP contribution in [0.3, 0.4) is 0 Å². The zero-order valence-corrected chi connectivity index (χ0v) is 17.8. The number of thiazole rings is 1. The quantitative estimate of drug-likeness (QED) is 0.311. The smallest absolute Gasteiger partial charge is 0.340 e. The van der Waals surface area contributed by atoms with E-state index in [1.165, 1.54) is 35.6 Å². The van der Waals surface area contributed by atoms with Crippen LogP contribution in [-0.4, -0.2) is 22.5 Å². The first kappa shape index (κ1) is 20.7. The monoisotopic (exact) mass is 458 g/mol. The van der Waals surface area contributed by atoms with Gasteiger partial charge in [-0.15, -0.1) is 11.3 Å². The van der Waals surface area contributed by atoms with E-state index >= 15 is 0 Å². The Hall–Kier alpha value is -4.17. The van der Waals surface area contributed by atoms with Crippen molar-refractivity contribution in [1.82, 2.24) is 4.98 Å². The summed E-state index contributed by atoms with van der Waals surface area (Å²) in [5.41, 5.74) is 8.08. The first-order valence-corrected chi connectivity index (χ1v) is 10.8. The van der Waals surface area contributed by atoms with Crippen molar-refractivity contribution < 1.29 is 23.5 Å². The Labute approximate surface area is 191 Å². The van der Waals surface area contributed by atoms with Gasteiger partial charge in [0.05, 0.1) is 22.5 Å². The second kappa shape index (κ2) is 8.07. The number of esters is 1. The maximum atomic E-state index is 13.1. The molecule has 1 aromatic heterocycles. The lowest BCUT2D eigenvalue weighted by atomic mass is 9.82. The Bertz CT molecular complexity index is 1440. The Morgan fingerprint density at radius 1 is 0.939 bits per heavy atom. The summed E-state index contributed by atoms with van der Waals surface area (Å²) in [6.45, 7) is -0.108. The molecule has 0 saturated heterocycles. The third kappa shape index (κ3) is 3.60. The molecule has 3 aromatic carbocycles. The topological polar surface area (TPSA) is 99.3 Å². The number of ether oxygens (including phenoxy) is 1. The molecule has 162 valence electrons. The standard InChI is InChI=1S/C25H15FN2O4S/c26-14-7-5-13(6-8-14)24-28-15(12-33-24)11-32-25(31)19-10-9-18-20(21(19)27)23(30)17-4-2-1-3-16(17)22(18)29/h1-10,12H,11,27H2. The largest absolute Gasteiger partial charge is 0.455 e. The minimum Gasteiger partial charge on any atom is -0.455 e. The maximum absolute atomic E-state index is 13.1. The first-order chi connectivity index (χ1) is 15.9. The van der Waals surface area contributed by atoms with Crippen LogP contribution in [-0.2, 0) is 11.3 Å². The minimum absolute atomic E-state index is 0.00303. The normalized spacial score (nSPS) is 12.3. The number of carbonyl (C=O) groups excluding carboxylic acids is 3. The lowest BCUT2D eigenvalue weighted by Gasteiger charge is -2.20. The summed E-state index contributed by atoms with van der Waals surface area (Å²) in [5.74, 6) is -1.79. The third-order valence-electron chi connectivity index (χ3n) is 5.35. The van der Waals surface area contributed by atoms with Crippen LogP contribution in [0.4, 0.5) is 10.1 Å². The van der Waals surface area contributed by atoms with Gasteiger partial charge < -0.3 is 10.5 Å². The number of ketones is 2. The molecule has 0 aliphatic heterocycles.